The summed E-state index contributed by atoms with van der Waals surface area (Å²) >= 11 is 0. The number of aromatic nitrogens is 1. The number of hydrogen-bond acceptors (Lipinski definition) is 3. The van der Waals surface area contributed by atoms with Crippen LogP contribution in [0.5, 0.6) is 5.75 Å². The highest BCUT2D eigenvalue weighted by atomic mass is 16.4. The summed E-state index contributed by atoms with van der Waals surface area (Å²) in [6.07, 6.45) is 0. The molecule has 2 N–H and O–H groups in total. The standard InChI is InChI=1S/C16H11NO3/c18-15-9-11(16(19)20)5-7-12(15)14-8-6-10-3-1-2-4-13(10)17-14/h1-9,18H,(H,19,20). The average Bonchev–Trinajstić information content (AvgIpc) is 2.46. The highest BCUT2D eigenvalue weighted by Crippen LogP contribution is 2.29. The SMILES string of the molecule is O=C(O)c1ccc(-c2ccc3ccccc3n2)c(O)c1. The van der Waals surface area contributed by atoms with Gasteiger partial charge in [0.1, 0.15) is 5.75 Å². The number of benzene rings is 2. The lowest BCUT2D eigenvalue weighted by atomic mass is 10.1. The Morgan fingerprint density at radius 3 is 2.55 bits per heavy atom. The van der Waals surface area contributed by atoms with Crippen LogP contribution in [0.2, 0.25) is 0 Å². The molecule has 1 aromatic heterocycles. The zero-order valence-electron chi connectivity index (χ0n) is 10.4. The number of hydrogen-bond donors (Lipinski definition) is 2. The Bertz CT molecular complexity index is 812. The second-order valence-electron chi connectivity index (χ2n) is 4.43. The number of rotatable bonds is 2. The van der Waals surface area contributed by atoms with Crippen molar-refractivity contribution in [1.82, 2.24) is 4.98 Å². The molecule has 0 aliphatic carbocycles. The van der Waals surface area contributed by atoms with E-state index in [-0.39, 0.29) is 11.3 Å². The molecular weight excluding hydrogens is 254 g/mol. The molecule has 0 radical (unpaired) electrons. The first-order chi connectivity index (χ1) is 9.65. The molecule has 0 unspecified atom stereocenters. The molecule has 20 heavy (non-hydrogen) atoms. The van der Waals surface area contributed by atoms with E-state index in [1.54, 1.807) is 12.1 Å². The normalized spacial score (nSPS) is 10.6. The molecule has 0 aliphatic heterocycles. The topological polar surface area (TPSA) is 70.4 Å². The Morgan fingerprint density at radius 1 is 1.00 bits per heavy atom. The predicted molar refractivity (Wildman–Crippen MR) is 75.8 cm³/mol. The number of carboxylic acid groups (broad SMARTS) is 1. The van der Waals surface area contributed by atoms with Gasteiger partial charge in [0.2, 0.25) is 0 Å². The predicted octanol–water partition coefficient (Wildman–Crippen LogP) is 3.31. The van der Waals surface area contributed by atoms with E-state index in [4.69, 9.17) is 5.11 Å². The van der Waals surface area contributed by atoms with Gasteiger partial charge in [0.05, 0.1) is 16.8 Å². The first-order valence-electron chi connectivity index (χ1n) is 6.07. The molecule has 0 saturated heterocycles. The van der Waals surface area contributed by atoms with Crippen molar-refractivity contribution < 1.29 is 15.0 Å². The number of para-hydroxylation sites is 1. The minimum atomic E-state index is -1.07. The van der Waals surface area contributed by atoms with Gasteiger partial charge < -0.3 is 10.2 Å². The van der Waals surface area contributed by atoms with Gasteiger partial charge >= 0.3 is 5.97 Å². The highest BCUT2D eigenvalue weighted by Gasteiger charge is 2.10. The number of fused-ring (bicyclic) bond motifs is 1. The third-order valence-corrected chi connectivity index (χ3v) is 3.12. The Labute approximate surface area is 115 Å². The zero-order chi connectivity index (χ0) is 14.1. The largest absolute Gasteiger partial charge is 0.507 e. The van der Waals surface area contributed by atoms with Gasteiger partial charge in [-0.25, -0.2) is 9.78 Å². The second kappa shape index (κ2) is 4.66. The van der Waals surface area contributed by atoms with E-state index >= 15 is 0 Å². The summed E-state index contributed by atoms with van der Waals surface area (Å²) in [6.45, 7) is 0. The minimum Gasteiger partial charge on any atom is -0.507 e. The summed E-state index contributed by atoms with van der Waals surface area (Å²) < 4.78 is 0. The van der Waals surface area contributed by atoms with Crippen molar-refractivity contribution in [2.45, 2.75) is 0 Å². The van der Waals surface area contributed by atoms with Crippen molar-refractivity contribution in [3.63, 3.8) is 0 Å². The monoisotopic (exact) mass is 265 g/mol. The van der Waals surface area contributed by atoms with Crippen LogP contribution in [-0.2, 0) is 0 Å². The van der Waals surface area contributed by atoms with Crippen molar-refractivity contribution >= 4 is 16.9 Å². The molecule has 0 fully saturated rings. The number of carboxylic acids is 1. The molecule has 0 saturated carbocycles. The molecule has 0 spiro atoms. The third kappa shape index (κ3) is 2.07. The van der Waals surface area contributed by atoms with Gasteiger partial charge in [-0.3, -0.25) is 0 Å². The van der Waals surface area contributed by atoms with Crippen LogP contribution in [0.15, 0.2) is 54.6 Å². The summed E-state index contributed by atoms with van der Waals surface area (Å²) in [7, 11) is 0. The number of phenolic OH excluding ortho intramolecular Hbond substituents is 1. The number of phenols is 1. The molecule has 0 atom stereocenters. The molecule has 4 nitrogen and oxygen atoms in total. The lowest BCUT2D eigenvalue weighted by Crippen LogP contribution is -1.96. The van der Waals surface area contributed by atoms with Gasteiger partial charge in [-0.05, 0) is 30.3 Å². The summed E-state index contributed by atoms with van der Waals surface area (Å²) in [5.41, 5.74) is 2.00. The maximum absolute atomic E-state index is 10.8. The first kappa shape index (κ1) is 12.2. The first-order valence-corrected chi connectivity index (χ1v) is 6.07. The molecule has 2 aromatic carbocycles. The van der Waals surface area contributed by atoms with Crippen molar-refractivity contribution in [2.75, 3.05) is 0 Å². The zero-order valence-corrected chi connectivity index (χ0v) is 10.4. The molecule has 98 valence electrons. The molecular formula is C16H11NO3. The van der Waals surface area contributed by atoms with E-state index in [1.807, 2.05) is 30.3 Å². The smallest absolute Gasteiger partial charge is 0.335 e. The molecule has 0 amide bonds. The Kier molecular flexibility index (Phi) is 2.84. The maximum atomic E-state index is 10.8. The number of aromatic carboxylic acids is 1. The van der Waals surface area contributed by atoms with E-state index in [0.717, 1.165) is 10.9 Å². The van der Waals surface area contributed by atoms with Crippen LogP contribution in [0.25, 0.3) is 22.2 Å². The van der Waals surface area contributed by atoms with Gasteiger partial charge in [0, 0.05) is 10.9 Å². The average molecular weight is 265 g/mol. The minimum absolute atomic E-state index is 0.0482. The maximum Gasteiger partial charge on any atom is 0.335 e. The van der Waals surface area contributed by atoms with E-state index in [2.05, 4.69) is 4.98 Å². The van der Waals surface area contributed by atoms with Crippen LogP contribution in [0.1, 0.15) is 10.4 Å². The van der Waals surface area contributed by atoms with Crippen LogP contribution in [0, 0.1) is 0 Å². The fourth-order valence-electron chi connectivity index (χ4n) is 2.10. The van der Waals surface area contributed by atoms with Crippen molar-refractivity contribution in [2.24, 2.45) is 0 Å². The molecule has 3 aromatic rings. The van der Waals surface area contributed by atoms with Crippen LogP contribution >= 0.6 is 0 Å². The summed E-state index contributed by atoms with van der Waals surface area (Å²) in [5.74, 6) is -1.16. The van der Waals surface area contributed by atoms with E-state index in [1.165, 1.54) is 12.1 Å². The molecule has 3 rings (SSSR count). The fourth-order valence-corrected chi connectivity index (χ4v) is 2.10. The summed E-state index contributed by atoms with van der Waals surface area (Å²) in [6, 6.07) is 15.6. The van der Waals surface area contributed by atoms with Crippen molar-refractivity contribution in [1.29, 1.82) is 0 Å². The quantitative estimate of drug-likeness (QED) is 0.745. The lowest BCUT2D eigenvalue weighted by Gasteiger charge is -2.06. The van der Waals surface area contributed by atoms with Crippen molar-refractivity contribution in [3.05, 3.63) is 60.2 Å². The second-order valence-corrected chi connectivity index (χ2v) is 4.43. The van der Waals surface area contributed by atoms with Crippen LogP contribution in [-0.4, -0.2) is 21.2 Å². The van der Waals surface area contributed by atoms with Gasteiger partial charge in [0.25, 0.3) is 0 Å². The van der Waals surface area contributed by atoms with Crippen LogP contribution < -0.4 is 0 Å². The Hall–Kier alpha value is -2.88. The number of aromatic hydroxyl groups is 1. The molecule has 1 heterocycles. The number of pyridine rings is 1. The van der Waals surface area contributed by atoms with E-state index in [0.29, 0.717) is 11.3 Å². The number of carbonyl (C=O) groups is 1. The van der Waals surface area contributed by atoms with Gasteiger partial charge in [-0.2, -0.15) is 0 Å². The number of nitrogens with zero attached hydrogens (tertiary/aromatic N) is 1. The summed E-state index contributed by atoms with van der Waals surface area (Å²) in [5, 5.41) is 19.9. The molecule has 4 heteroatoms. The van der Waals surface area contributed by atoms with Gasteiger partial charge in [-0.15, -0.1) is 0 Å². The van der Waals surface area contributed by atoms with Crippen LogP contribution in [0.3, 0.4) is 0 Å². The molecule has 0 bridgehead atoms. The van der Waals surface area contributed by atoms with Gasteiger partial charge in [-0.1, -0.05) is 24.3 Å². The summed E-state index contributed by atoms with van der Waals surface area (Å²) in [4.78, 5) is 15.3. The van der Waals surface area contributed by atoms with E-state index in [9.17, 15) is 9.90 Å². The molecule has 0 aliphatic rings. The third-order valence-electron chi connectivity index (χ3n) is 3.12. The highest BCUT2D eigenvalue weighted by molar-refractivity contribution is 5.90. The Balaban J connectivity index is 2.13. The van der Waals surface area contributed by atoms with Gasteiger partial charge in [0.15, 0.2) is 0 Å². The lowest BCUT2D eigenvalue weighted by molar-refractivity contribution is 0.0696. The fraction of sp³-hybridized carbons (Fsp3) is 0. The Morgan fingerprint density at radius 2 is 1.80 bits per heavy atom. The van der Waals surface area contributed by atoms with Crippen molar-refractivity contribution in [3.8, 4) is 17.0 Å². The van der Waals surface area contributed by atoms with E-state index < -0.39 is 5.97 Å². The van der Waals surface area contributed by atoms with Crippen LogP contribution in [0.4, 0.5) is 0 Å².